The van der Waals surface area contributed by atoms with E-state index in [2.05, 4.69) is 0 Å². The maximum absolute atomic E-state index is 10.3. The van der Waals surface area contributed by atoms with E-state index in [1.807, 2.05) is 0 Å². The number of nitrogens with zero attached hydrogens (tertiary/aromatic N) is 1. The molecular formula is C5H5NO3. The Kier molecular flexibility index (Phi) is 3.06. The molecule has 0 aliphatic carbocycles. The van der Waals surface area contributed by atoms with Gasteiger partial charge in [-0.2, -0.15) is 5.26 Å². The van der Waals surface area contributed by atoms with E-state index in [1.54, 1.807) is 6.07 Å². The fraction of sp³-hybridized carbons (Fsp3) is 0.400. The van der Waals surface area contributed by atoms with Crippen LogP contribution < -0.4 is 0 Å². The van der Waals surface area contributed by atoms with Crippen LogP contribution in [-0.2, 0) is 9.59 Å². The second-order valence-corrected chi connectivity index (χ2v) is 1.44. The number of aliphatic carboxylic acids is 1. The van der Waals surface area contributed by atoms with Gasteiger partial charge in [-0.05, 0) is 0 Å². The number of nitriles is 1. The van der Waals surface area contributed by atoms with Gasteiger partial charge >= 0.3 is 5.97 Å². The zero-order valence-corrected chi connectivity index (χ0v) is 4.63. The van der Waals surface area contributed by atoms with Crippen molar-refractivity contribution in [3.05, 3.63) is 0 Å². The van der Waals surface area contributed by atoms with Crippen LogP contribution in [0.4, 0.5) is 0 Å². The summed E-state index contributed by atoms with van der Waals surface area (Å²) >= 11 is 0. The molecule has 0 aromatic rings. The summed E-state index contributed by atoms with van der Waals surface area (Å²) in [6, 6.07) is 1.56. The van der Waals surface area contributed by atoms with E-state index in [9.17, 15) is 9.59 Å². The lowest BCUT2D eigenvalue weighted by atomic mass is 10.2. The highest BCUT2D eigenvalue weighted by Crippen LogP contribution is 1.86. The Morgan fingerprint density at radius 2 is 2.11 bits per heavy atom. The fourth-order valence-corrected chi connectivity index (χ4v) is 0.319. The molecule has 4 nitrogen and oxygen atoms in total. The van der Waals surface area contributed by atoms with Gasteiger partial charge in [0.25, 0.3) is 0 Å². The minimum Gasteiger partial charge on any atom is -0.481 e. The van der Waals surface area contributed by atoms with Gasteiger partial charge in [-0.3, -0.25) is 9.59 Å². The van der Waals surface area contributed by atoms with E-state index in [0.717, 1.165) is 0 Å². The largest absolute Gasteiger partial charge is 0.481 e. The molecule has 48 valence electrons. The van der Waals surface area contributed by atoms with Crippen molar-refractivity contribution in [2.24, 2.45) is 0 Å². The van der Waals surface area contributed by atoms with Crippen LogP contribution in [0, 0.1) is 11.3 Å². The molecule has 0 rings (SSSR count). The molecule has 0 aliphatic heterocycles. The summed E-state index contributed by atoms with van der Waals surface area (Å²) in [5, 5.41) is 15.9. The molecule has 0 fully saturated rings. The summed E-state index contributed by atoms with van der Waals surface area (Å²) in [6.07, 6.45) is -0.861. The molecule has 1 N–H and O–H groups in total. The predicted molar refractivity (Wildman–Crippen MR) is 27.5 cm³/mol. The predicted octanol–water partition coefficient (Wildman–Crippen LogP) is -0.0561. The molecule has 9 heavy (non-hydrogen) atoms. The third kappa shape index (κ3) is 4.48. The molecule has 0 saturated carbocycles. The first-order valence-corrected chi connectivity index (χ1v) is 2.27. The Bertz CT molecular complexity index is 168. The number of carboxylic acid groups (broad SMARTS) is 1. The standard InChI is InChI=1S/C5H5NO3/c6-2-1-4(7)3-5(8)9/h1,3H2,(H,8,9). The van der Waals surface area contributed by atoms with Crippen LogP contribution in [0.2, 0.25) is 0 Å². The summed E-state index contributed by atoms with van der Waals surface area (Å²) in [4.78, 5) is 20.0. The van der Waals surface area contributed by atoms with Crippen LogP contribution in [0.5, 0.6) is 0 Å². The van der Waals surface area contributed by atoms with Crippen LogP contribution in [-0.4, -0.2) is 16.9 Å². The minimum atomic E-state index is -1.18. The van der Waals surface area contributed by atoms with Gasteiger partial charge in [0.1, 0.15) is 6.42 Å². The number of rotatable bonds is 3. The number of carbonyl (C=O) groups is 2. The van der Waals surface area contributed by atoms with Gasteiger partial charge in [-0.15, -0.1) is 0 Å². The van der Waals surface area contributed by atoms with Gasteiger partial charge in [0.05, 0.1) is 12.5 Å². The van der Waals surface area contributed by atoms with Crippen molar-refractivity contribution in [3.8, 4) is 6.07 Å². The fourth-order valence-electron chi connectivity index (χ4n) is 0.319. The molecule has 0 aliphatic rings. The summed E-state index contributed by atoms with van der Waals surface area (Å²) < 4.78 is 0. The second kappa shape index (κ2) is 3.61. The van der Waals surface area contributed by atoms with E-state index >= 15 is 0 Å². The number of carboxylic acids is 1. The molecule has 0 aromatic heterocycles. The summed E-state index contributed by atoms with van der Waals surface area (Å²) in [7, 11) is 0. The molecule has 0 aromatic carbocycles. The molecule has 0 spiro atoms. The maximum Gasteiger partial charge on any atom is 0.310 e. The highest BCUT2D eigenvalue weighted by Gasteiger charge is 2.05. The Hall–Kier alpha value is -1.37. The van der Waals surface area contributed by atoms with Gasteiger partial charge in [0.15, 0.2) is 5.78 Å². The third-order valence-electron chi connectivity index (χ3n) is 0.625. The van der Waals surface area contributed by atoms with Crippen LogP contribution in [0.3, 0.4) is 0 Å². The number of carbonyl (C=O) groups excluding carboxylic acids is 1. The van der Waals surface area contributed by atoms with Crippen LogP contribution in [0.15, 0.2) is 0 Å². The van der Waals surface area contributed by atoms with Crippen LogP contribution in [0.25, 0.3) is 0 Å². The van der Waals surface area contributed by atoms with Crippen molar-refractivity contribution >= 4 is 11.8 Å². The molecule has 0 heterocycles. The van der Waals surface area contributed by atoms with Crippen molar-refractivity contribution < 1.29 is 14.7 Å². The zero-order chi connectivity index (χ0) is 7.28. The van der Waals surface area contributed by atoms with E-state index in [1.165, 1.54) is 0 Å². The molecule has 0 amide bonds. The summed E-state index contributed by atoms with van der Waals surface area (Å²) in [5.41, 5.74) is 0. The average molecular weight is 127 g/mol. The van der Waals surface area contributed by atoms with Crippen LogP contribution >= 0.6 is 0 Å². The van der Waals surface area contributed by atoms with Crippen molar-refractivity contribution in [1.82, 2.24) is 0 Å². The lowest BCUT2D eigenvalue weighted by Crippen LogP contribution is -2.04. The summed E-state index contributed by atoms with van der Waals surface area (Å²) in [5.74, 6) is -1.74. The number of Topliss-reactive ketones (excluding diaryl/α,β-unsaturated/α-hetero) is 1. The molecule has 0 bridgehead atoms. The second-order valence-electron chi connectivity index (χ2n) is 1.44. The molecular weight excluding hydrogens is 122 g/mol. The lowest BCUT2D eigenvalue weighted by Gasteiger charge is -1.85. The quantitative estimate of drug-likeness (QED) is 0.539. The maximum atomic E-state index is 10.3. The van der Waals surface area contributed by atoms with Crippen molar-refractivity contribution in [2.45, 2.75) is 12.8 Å². The normalized spacial score (nSPS) is 7.89. The van der Waals surface area contributed by atoms with Gasteiger partial charge in [0, 0.05) is 0 Å². The van der Waals surface area contributed by atoms with Crippen molar-refractivity contribution in [2.75, 3.05) is 0 Å². The molecule has 0 saturated heterocycles. The molecule has 0 unspecified atom stereocenters. The Morgan fingerprint density at radius 1 is 1.56 bits per heavy atom. The van der Waals surface area contributed by atoms with E-state index in [-0.39, 0.29) is 6.42 Å². The summed E-state index contributed by atoms with van der Waals surface area (Å²) in [6.45, 7) is 0. The topological polar surface area (TPSA) is 78.2 Å². The minimum absolute atomic E-state index is 0.313. The number of hydrogen-bond acceptors (Lipinski definition) is 3. The number of hydrogen-bond donors (Lipinski definition) is 1. The first kappa shape index (κ1) is 7.63. The highest BCUT2D eigenvalue weighted by atomic mass is 16.4. The zero-order valence-electron chi connectivity index (χ0n) is 4.63. The Balaban J connectivity index is 3.54. The molecule has 4 heteroatoms. The smallest absolute Gasteiger partial charge is 0.310 e. The van der Waals surface area contributed by atoms with E-state index in [4.69, 9.17) is 10.4 Å². The number of ketones is 1. The van der Waals surface area contributed by atoms with Gasteiger partial charge in [-0.1, -0.05) is 0 Å². The molecule has 0 radical (unpaired) electrons. The average Bonchev–Trinajstić information content (AvgIpc) is 1.63. The van der Waals surface area contributed by atoms with E-state index in [0.29, 0.717) is 0 Å². The Labute approximate surface area is 51.7 Å². The first-order valence-electron chi connectivity index (χ1n) is 2.27. The van der Waals surface area contributed by atoms with Crippen molar-refractivity contribution in [3.63, 3.8) is 0 Å². The van der Waals surface area contributed by atoms with Gasteiger partial charge in [-0.25, -0.2) is 0 Å². The van der Waals surface area contributed by atoms with Crippen LogP contribution in [0.1, 0.15) is 12.8 Å². The van der Waals surface area contributed by atoms with Crippen molar-refractivity contribution in [1.29, 1.82) is 5.26 Å². The molecule has 0 atom stereocenters. The van der Waals surface area contributed by atoms with Gasteiger partial charge < -0.3 is 5.11 Å². The Morgan fingerprint density at radius 3 is 2.44 bits per heavy atom. The first-order chi connectivity index (χ1) is 4.16. The SMILES string of the molecule is N#CCC(=O)CC(=O)O. The highest BCUT2D eigenvalue weighted by molar-refractivity contribution is 5.95. The monoisotopic (exact) mass is 127 g/mol. The van der Waals surface area contributed by atoms with E-state index < -0.39 is 18.2 Å². The third-order valence-corrected chi connectivity index (χ3v) is 0.625. The van der Waals surface area contributed by atoms with Gasteiger partial charge in [0.2, 0.25) is 0 Å². The lowest BCUT2D eigenvalue weighted by molar-refractivity contribution is -0.139.